The highest BCUT2D eigenvalue weighted by Gasteiger charge is 2.52. The van der Waals surface area contributed by atoms with Crippen molar-refractivity contribution < 1.29 is 5.11 Å². The van der Waals surface area contributed by atoms with Gasteiger partial charge in [0.25, 0.3) is 0 Å². The maximum absolute atomic E-state index is 10.1. The van der Waals surface area contributed by atoms with Gasteiger partial charge in [-0.2, -0.15) is 0 Å². The van der Waals surface area contributed by atoms with Crippen LogP contribution in [0.25, 0.3) is 0 Å². The zero-order valence-corrected chi connectivity index (χ0v) is 16.0. The zero-order chi connectivity index (χ0) is 17.7. The highest BCUT2D eigenvalue weighted by Crippen LogP contribution is 2.62. The predicted octanol–water partition coefficient (Wildman–Crippen LogP) is 6.01. The number of hydrogen-bond donors (Lipinski definition) is 1. The molecule has 5 rings (SSSR count). The second kappa shape index (κ2) is 6.37. The molecule has 0 aliphatic heterocycles. The molecule has 0 heterocycles. The number of rotatable bonds is 1. The molecular formula is C25H32O. The quantitative estimate of drug-likeness (QED) is 0.658. The number of allylic oxidation sites excluding steroid dienone is 3. The molecule has 1 N–H and O–H groups in total. The Morgan fingerprint density at radius 3 is 2.62 bits per heavy atom. The summed E-state index contributed by atoms with van der Waals surface area (Å²) in [4.78, 5) is 0. The number of benzene rings is 1. The third-order valence-corrected chi connectivity index (χ3v) is 8.33. The minimum atomic E-state index is -0.0996. The summed E-state index contributed by atoms with van der Waals surface area (Å²) in [5.74, 6) is 3.03. The molecular weight excluding hydrogens is 316 g/mol. The van der Waals surface area contributed by atoms with Gasteiger partial charge in [-0.25, -0.2) is 0 Å². The summed E-state index contributed by atoms with van der Waals surface area (Å²) in [5, 5.41) is 10.1. The summed E-state index contributed by atoms with van der Waals surface area (Å²) >= 11 is 0. The van der Waals surface area contributed by atoms with Gasteiger partial charge in [0, 0.05) is 0 Å². The lowest BCUT2D eigenvalue weighted by molar-refractivity contribution is 0.125. The van der Waals surface area contributed by atoms with Crippen LogP contribution in [0.3, 0.4) is 0 Å². The average molecular weight is 349 g/mol. The fraction of sp³-hybridized carbons (Fsp3) is 0.600. The van der Waals surface area contributed by atoms with E-state index in [9.17, 15) is 5.11 Å². The van der Waals surface area contributed by atoms with Crippen LogP contribution >= 0.6 is 0 Å². The number of hydrogen-bond acceptors (Lipinski definition) is 1. The molecule has 4 aliphatic carbocycles. The van der Waals surface area contributed by atoms with Crippen molar-refractivity contribution in [2.75, 3.05) is 0 Å². The second-order valence-corrected chi connectivity index (χ2v) is 9.60. The monoisotopic (exact) mass is 348 g/mol. The number of aliphatic hydroxyl groups is 1. The average Bonchev–Trinajstić information content (AvgIpc) is 2.89. The molecule has 26 heavy (non-hydrogen) atoms. The first-order valence-corrected chi connectivity index (χ1v) is 10.8. The Morgan fingerprint density at radius 2 is 1.77 bits per heavy atom. The number of aliphatic hydroxyl groups excluding tert-OH is 1. The maximum atomic E-state index is 10.1. The molecule has 0 saturated heterocycles. The van der Waals surface area contributed by atoms with E-state index in [2.05, 4.69) is 49.4 Å². The molecule has 0 spiro atoms. The molecule has 138 valence electrons. The molecule has 0 amide bonds. The smallest absolute Gasteiger partial charge is 0.0577 e. The Balaban J connectivity index is 1.47. The second-order valence-electron chi connectivity index (χ2n) is 9.60. The van der Waals surface area contributed by atoms with Gasteiger partial charge >= 0.3 is 0 Å². The largest absolute Gasteiger partial charge is 0.393 e. The van der Waals surface area contributed by atoms with Gasteiger partial charge in [0.15, 0.2) is 0 Å². The highest BCUT2D eigenvalue weighted by molar-refractivity contribution is 5.36. The molecule has 1 nitrogen and oxygen atoms in total. The van der Waals surface area contributed by atoms with Crippen molar-refractivity contribution in [1.82, 2.24) is 0 Å². The van der Waals surface area contributed by atoms with Gasteiger partial charge in [-0.1, -0.05) is 55.0 Å². The van der Waals surface area contributed by atoms with E-state index >= 15 is 0 Å². The molecule has 0 bridgehead atoms. The third-order valence-electron chi connectivity index (χ3n) is 8.33. The van der Waals surface area contributed by atoms with Gasteiger partial charge in [0.1, 0.15) is 0 Å². The molecule has 2 saturated carbocycles. The predicted molar refractivity (Wildman–Crippen MR) is 107 cm³/mol. The van der Waals surface area contributed by atoms with Gasteiger partial charge in [-0.3, -0.25) is 0 Å². The first kappa shape index (κ1) is 16.8. The lowest BCUT2D eigenvalue weighted by atomic mass is 9.60. The first-order chi connectivity index (χ1) is 12.6. The molecule has 4 aliphatic rings. The van der Waals surface area contributed by atoms with E-state index in [1.807, 2.05) is 0 Å². The summed E-state index contributed by atoms with van der Waals surface area (Å²) in [7, 11) is 0. The van der Waals surface area contributed by atoms with Gasteiger partial charge in [0.2, 0.25) is 0 Å². The summed E-state index contributed by atoms with van der Waals surface area (Å²) in [6, 6.07) is 11.3. The minimum absolute atomic E-state index is 0.0996. The molecule has 1 heteroatoms. The van der Waals surface area contributed by atoms with Crippen molar-refractivity contribution in [1.29, 1.82) is 0 Å². The van der Waals surface area contributed by atoms with E-state index in [1.54, 1.807) is 16.7 Å². The van der Waals surface area contributed by atoms with E-state index in [1.165, 1.54) is 38.5 Å². The highest BCUT2D eigenvalue weighted by atomic mass is 16.3. The Hall–Kier alpha value is -1.34. The SMILES string of the molecule is CC12CC=C3C=C4CC(O)CCC4CCC3C1CCC2c1ccccc1. The summed E-state index contributed by atoms with van der Waals surface area (Å²) in [5.41, 5.74) is 5.15. The lowest BCUT2D eigenvalue weighted by Crippen LogP contribution is -2.35. The van der Waals surface area contributed by atoms with Crippen molar-refractivity contribution in [3.05, 3.63) is 59.2 Å². The third kappa shape index (κ3) is 2.62. The maximum Gasteiger partial charge on any atom is 0.0577 e. The van der Waals surface area contributed by atoms with E-state index in [-0.39, 0.29) is 6.10 Å². The fourth-order valence-electron chi connectivity index (χ4n) is 6.93. The normalized spacial score (nSPS) is 42.0. The Bertz CT molecular complexity index is 730. The summed E-state index contributed by atoms with van der Waals surface area (Å²) in [6.45, 7) is 2.57. The van der Waals surface area contributed by atoms with Crippen LogP contribution in [-0.2, 0) is 0 Å². The topological polar surface area (TPSA) is 20.2 Å². The van der Waals surface area contributed by atoms with Crippen LogP contribution in [0.2, 0.25) is 0 Å². The molecule has 6 atom stereocenters. The molecule has 0 radical (unpaired) electrons. The molecule has 1 aromatic rings. The van der Waals surface area contributed by atoms with Crippen molar-refractivity contribution in [3.63, 3.8) is 0 Å². The van der Waals surface area contributed by atoms with Gasteiger partial charge < -0.3 is 5.11 Å². The van der Waals surface area contributed by atoms with Crippen LogP contribution in [0.5, 0.6) is 0 Å². The van der Waals surface area contributed by atoms with Crippen LogP contribution < -0.4 is 0 Å². The standard InChI is InChI=1S/C25H32O/c1-25-14-13-19-15-20-16-21(26)9-7-17(20)8-10-22(19)24(25)12-11-23(25)18-5-3-2-4-6-18/h2-6,13,15,17,21-24,26H,7-12,14,16H2,1H3. The van der Waals surface area contributed by atoms with E-state index in [0.717, 1.165) is 30.6 Å². The van der Waals surface area contributed by atoms with Crippen molar-refractivity contribution in [2.24, 2.45) is 23.2 Å². The van der Waals surface area contributed by atoms with Gasteiger partial charge in [-0.15, -0.1) is 0 Å². The lowest BCUT2D eigenvalue weighted by Gasteiger charge is -2.44. The van der Waals surface area contributed by atoms with Crippen LogP contribution in [0.4, 0.5) is 0 Å². The van der Waals surface area contributed by atoms with Crippen LogP contribution in [0.1, 0.15) is 69.8 Å². The van der Waals surface area contributed by atoms with E-state index in [0.29, 0.717) is 11.3 Å². The van der Waals surface area contributed by atoms with Crippen molar-refractivity contribution in [2.45, 2.75) is 70.3 Å². The first-order valence-electron chi connectivity index (χ1n) is 10.8. The molecule has 6 unspecified atom stereocenters. The minimum Gasteiger partial charge on any atom is -0.393 e. The van der Waals surface area contributed by atoms with E-state index in [4.69, 9.17) is 0 Å². The van der Waals surface area contributed by atoms with Crippen LogP contribution in [-0.4, -0.2) is 11.2 Å². The molecule has 1 aromatic carbocycles. The fourth-order valence-corrected chi connectivity index (χ4v) is 6.93. The van der Waals surface area contributed by atoms with Crippen molar-refractivity contribution >= 4 is 0 Å². The molecule has 2 fully saturated rings. The zero-order valence-electron chi connectivity index (χ0n) is 16.0. The van der Waals surface area contributed by atoms with Gasteiger partial charge in [-0.05, 0) is 91.6 Å². The Kier molecular flexibility index (Phi) is 4.12. The molecule has 0 aromatic heterocycles. The Labute approximate surface area is 158 Å². The van der Waals surface area contributed by atoms with Gasteiger partial charge in [0.05, 0.1) is 6.10 Å². The summed E-state index contributed by atoms with van der Waals surface area (Å²) < 4.78 is 0. The van der Waals surface area contributed by atoms with Crippen LogP contribution in [0, 0.1) is 23.2 Å². The van der Waals surface area contributed by atoms with Crippen LogP contribution in [0.15, 0.2) is 53.6 Å². The van der Waals surface area contributed by atoms with E-state index < -0.39 is 0 Å². The van der Waals surface area contributed by atoms with Crippen molar-refractivity contribution in [3.8, 4) is 0 Å². The summed E-state index contributed by atoms with van der Waals surface area (Å²) in [6.07, 6.45) is 14.8. The number of fused-ring (bicyclic) bond motifs is 4. The Morgan fingerprint density at radius 1 is 0.962 bits per heavy atom.